The van der Waals surface area contributed by atoms with E-state index < -0.39 is 0 Å². The van der Waals surface area contributed by atoms with Gasteiger partial charge in [0.05, 0.1) is 7.11 Å². The zero-order valence-corrected chi connectivity index (χ0v) is 15.9. The fraction of sp³-hybridized carbons (Fsp3) is 0.125. The molecule has 28 heavy (non-hydrogen) atoms. The first-order chi connectivity index (χ1) is 13.7. The maximum absolute atomic E-state index is 6.21. The van der Waals surface area contributed by atoms with Crippen molar-refractivity contribution in [3.8, 4) is 17.3 Å². The molecule has 0 spiro atoms. The fourth-order valence-corrected chi connectivity index (χ4v) is 3.73. The summed E-state index contributed by atoms with van der Waals surface area (Å²) in [6, 6.07) is 24.8. The second kappa shape index (κ2) is 6.57. The van der Waals surface area contributed by atoms with Crippen molar-refractivity contribution in [1.82, 2.24) is 4.98 Å². The monoisotopic (exact) mass is 369 g/mol. The summed E-state index contributed by atoms with van der Waals surface area (Å²) in [5.41, 5.74) is 5.57. The Morgan fingerprint density at radius 2 is 1.82 bits per heavy atom. The SMILES string of the molecule is COc1ccc2cc(-c3[nH]c4c(C)cccc4[n+]3Cc3ccccc3)oc2c1. The lowest BCUT2D eigenvalue weighted by atomic mass is 10.2. The Kier molecular flexibility index (Phi) is 3.90. The molecule has 3 aromatic carbocycles. The number of rotatable bonds is 4. The second-order valence-corrected chi connectivity index (χ2v) is 7.03. The minimum absolute atomic E-state index is 0.764. The third-order valence-electron chi connectivity index (χ3n) is 5.20. The topological polar surface area (TPSA) is 42.0 Å². The summed E-state index contributed by atoms with van der Waals surface area (Å²) in [5, 5.41) is 1.05. The molecule has 5 rings (SSSR count). The number of imidazole rings is 1. The van der Waals surface area contributed by atoms with E-state index in [0.717, 1.165) is 45.9 Å². The number of aryl methyl sites for hydroxylation is 1. The molecule has 138 valence electrons. The molecular formula is C24H21N2O2+. The van der Waals surface area contributed by atoms with Gasteiger partial charge in [0, 0.05) is 23.1 Å². The molecule has 4 heteroatoms. The molecule has 0 aliphatic heterocycles. The third kappa shape index (κ3) is 2.74. The Bertz CT molecular complexity index is 1280. The molecule has 0 unspecified atom stereocenters. The van der Waals surface area contributed by atoms with Gasteiger partial charge in [-0.15, -0.1) is 0 Å². The molecule has 0 amide bonds. The van der Waals surface area contributed by atoms with Gasteiger partial charge in [-0.3, -0.25) is 0 Å². The van der Waals surface area contributed by atoms with Gasteiger partial charge in [0.25, 0.3) is 0 Å². The molecule has 0 aliphatic carbocycles. The van der Waals surface area contributed by atoms with Crippen LogP contribution < -0.4 is 9.30 Å². The lowest BCUT2D eigenvalue weighted by Gasteiger charge is -2.01. The molecule has 0 atom stereocenters. The third-order valence-corrected chi connectivity index (χ3v) is 5.20. The van der Waals surface area contributed by atoms with Gasteiger partial charge in [-0.05, 0) is 30.7 Å². The van der Waals surface area contributed by atoms with Crippen LogP contribution in [0.4, 0.5) is 0 Å². The van der Waals surface area contributed by atoms with Crippen molar-refractivity contribution < 1.29 is 13.7 Å². The number of furan rings is 1. The van der Waals surface area contributed by atoms with Gasteiger partial charge >= 0.3 is 5.82 Å². The summed E-state index contributed by atoms with van der Waals surface area (Å²) in [6.07, 6.45) is 0. The average Bonchev–Trinajstić information content (AvgIpc) is 3.30. The molecule has 1 N–H and O–H groups in total. The number of ether oxygens (including phenoxy) is 1. The highest BCUT2D eigenvalue weighted by atomic mass is 16.5. The van der Waals surface area contributed by atoms with Crippen LogP contribution in [0, 0.1) is 6.92 Å². The number of aromatic nitrogens is 2. The van der Waals surface area contributed by atoms with Crippen LogP contribution in [-0.2, 0) is 6.54 Å². The number of hydrogen-bond acceptors (Lipinski definition) is 2. The molecule has 0 aliphatic rings. The highest BCUT2D eigenvalue weighted by molar-refractivity contribution is 5.84. The standard InChI is InChI=1S/C24H20N2O2/c1-16-7-6-10-20-23(16)25-24(26(20)15-17-8-4-3-5-9-17)22-13-18-11-12-19(27-2)14-21(18)28-22/h3-14H,15H2,1-2H3/p+1. The number of benzene rings is 3. The normalized spacial score (nSPS) is 11.4. The average molecular weight is 369 g/mol. The van der Waals surface area contributed by atoms with Gasteiger partial charge in [0.2, 0.25) is 5.76 Å². The number of H-pyrrole nitrogens is 1. The number of hydrogen-bond donors (Lipinski definition) is 1. The molecule has 0 radical (unpaired) electrons. The minimum atomic E-state index is 0.764. The summed E-state index contributed by atoms with van der Waals surface area (Å²) >= 11 is 0. The van der Waals surface area contributed by atoms with Crippen molar-refractivity contribution in [1.29, 1.82) is 0 Å². The maximum Gasteiger partial charge on any atom is 0.324 e. The van der Waals surface area contributed by atoms with Crippen molar-refractivity contribution in [2.75, 3.05) is 7.11 Å². The lowest BCUT2D eigenvalue weighted by Crippen LogP contribution is -2.35. The first-order valence-electron chi connectivity index (χ1n) is 9.36. The van der Waals surface area contributed by atoms with Gasteiger partial charge in [-0.1, -0.05) is 42.5 Å². The van der Waals surface area contributed by atoms with Crippen LogP contribution >= 0.6 is 0 Å². The Balaban J connectivity index is 1.72. The van der Waals surface area contributed by atoms with Crippen molar-refractivity contribution in [3.05, 3.63) is 83.9 Å². The van der Waals surface area contributed by atoms with Crippen LogP contribution in [0.25, 0.3) is 33.6 Å². The second-order valence-electron chi connectivity index (χ2n) is 7.03. The smallest absolute Gasteiger partial charge is 0.324 e. The molecule has 4 nitrogen and oxygen atoms in total. The summed E-state index contributed by atoms with van der Waals surface area (Å²) in [6.45, 7) is 2.89. The van der Waals surface area contributed by atoms with Crippen LogP contribution in [0.1, 0.15) is 11.1 Å². The molecular weight excluding hydrogens is 348 g/mol. The summed E-state index contributed by atoms with van der Waals surface area (Å²) in [5.74, 6) is 2.57. The van der Waals surface area contributed by atoms with Crippen molar-refractivity contribution >= 4 is 22.0 Å². The predicted molar refractivity (Wildman–Crippen MR) is 111 cm³/mol. The van der Waals surface area contributed by atoms with Crippen LogP contribution in [0.5, 0.6) is 5.75 Å². The highest BCUT2D eigenvalue weighted by Crippen LogP contribution is 2.30. The van der Waals surface area contributed by atoms with E-state index in [1.165, 1.54) is 11.1 Å². The zero-order chi connectivity index (χ0) is 19.1. The number of aromatic amines is 1. The van der Waals surface area contributed by atoms with E-state index in [9.17, 15) is 0 Å². The van der Waals surface area contributed by atoms with Gasteiger partial charge < -0.3 is 9.15 Å². The molecule has 0 saturated heterocycles. The van der Waals surface area contributed by atoms with Crippen molar-refractivity contribution in [2.45, 2.75) is 13.5 Å². The molecule has 0 fully saturated rings. The molecule has 0 saturated carbocycles. The van der Waals surface area contributed by atoms with Gasteiger partial charge in [0.1, 0.15) is 17.9 Å². The minimum Gasteiger partial charge on any atom is -0.497 e. The van der Waals surface area contributed by atoms with Crippen LogP contribution in [0.2, 0.25) is 0 Å². The molecule has 5 aromatic rings. The van der Waals surface area contributed by atoms with E-state index in [-0.39, 0.29) is 0 Å². The fourth-order valence-electron chi connectivity index (χ4n) is 3.73. The van der Waals surface area contributed by atoms with E-state index >= 15 is 0 Å². The molecule has 2 aromatic heterocycles. The summed E-state index contributed by atoms with van der Waals surface area (Å²) in [7, 11) is 1.67. The van der Waals surface area contributed by atoms with Crippen LogP contribution in [0.15, 0.2) is 77.2 Å². The number of nitrogens with zero attached hydrogens (tertiary/aromatic N) is 1. The van der Waals surface area contributed by atoms with Crippen molar-refractivity contribution in [3.63, 3.8) is 0 Å². The Labute approximate surface area is 163 Å². The van der Waals surface area contributed by atoms with Crippen LogP contribution in [-0.4, -0.2) is 12.1 Å². The van der Waals surface area contributed by atoms with Crippen LogP contribution in [0.3, 0.4) is 0 Å². The quantitative estimate of drug-likeness (QED) is 0.441. The van der Waals surface area contributed by atoms with Gasteiger partial charge in [0.15, 0.2) is 11.0 Å². The Morgan fingerprint density at radius 1 is 0.964 bits per heavy atom. The first kappa shape index (κ1) is 16.6. The van der Waals surface area contributed by atoms with E-state index in [2.05, 4.69) is 65.0 Å². The van der Waals surface area contributed by atoms with E-state index in [1.54, 1.807) is 7.11 Å². The number of para-hydroxylation sites is 1. The maximum atomic E-state index is 6.21. The molecule has 2 heterocycles. The van der Waals surface area contributed by atoms with E-state index in [1.807, 2.05) is 24.3 Å². The number of methoxy groups -OCH3 is 1. The van der Waals surface area contributed by atoms with E-state index in [4.69, 9.17) is 9.15 Å². The van der Waals surface area contributed by atoms with E-state index in [0.29, 0.717) is 0 Å². The summed E-state index contributed by atoms with van der Waals surface area (Å²) < 4.78 is 13.8. The zero-order valence-electron chi connectivity index (χ0n) is 15.9. The number of nitrogens with one attached hydrogen (secondary N) is 1. The molecule has 0 bridgehead atoms. The first-order valence-corrected chi connectivity index (χ1v) is 9.36. The Morgan fingerprint density at radius 3 is 2.64 bits per heavy atom. The van der Waals surface area contributed by atoms with Gasteiger partial charge in [-0.25, -0.2) is 9.55 Å². The number of fused-ring (bicyclic) bond motifs is 2. The predicted octanol–water partition coefficient (Wildman–Crippen LogP) is 5.23. The Hall–Kier alpha value is -3.53. The van der Waals surface area contributed by atoms with Crippen molar-refractivity contribution in [2.24, 2.45) is 0 Å². The summed E-state index contributed by atoms with van der Waals surface area (Å²) in [4.78, 5) is 3.60. The largest absolute Gasteiger partial charge is 0.497 e. The highest BCUT2D eigenvalue weighted by Gasteiger charge is 2.24. The van der Waals surface area contributed by atoms with Gasteiger partial charge in [-0.2, -0.15) is 0 Å². The lowest BCUT2D eigenvalue weighted by molar-refractivity contribution is -0.651.